The minimum atomic E-state index is -0.935. The van der Waals surface area contributed by atoms with E-state index in [4.69, 9.17) is 28.3 Å². The van der Waals surface area contributed by atoms with Gasteiger partial charge in [-0.2, -0.15) is 0 Å². The molecule has 1 aromatic carbocycles. The highest BCUT2D eigenvalue weighted by molar-refractivity contribution is 6.39. The van der Waals surface area contributed by atoms with Crippen molar-refractivity contribution >= 4 is 40.9 Å². The molecule has 0 bridgehead atoms. The molecule has 0 saturated heterocycles. The number of carboxylic acid groups (broad SMARTS) is 1. The Morgan fingerprint density at radius 2 is 1.86 bits per heavy atom. The molecule has 0 heterocycles. The zero-order valence-electron chi connectivity index (χ0n) is 10.8. The van der Waals surface area contributed by atoms with Crippen LogP contribution in [0, 0.1) is 11.7 Å². The summed E-state index contributed by atoms with van der Waals surface area (Å²) in [5, 5.41) is 14.0. The molecule has 1 aromatic rings. The Kier molecular flexibility index (Phi) is 4.90. The Hall–Kier alpha value is -1.53. The van der Waals surface area contributed by atoms with Gasteiger partial charge in [0.15, 0.2) is 0 Å². The summed E-state index contributed by atoms with van der Waals surface area (Å²) in [5.74, 6) is -2.15. The number of carbonyl (C=O) groups excluding carboxylic acids is 1. The van der Waals surface area contributed by atoms with Crippen molar-refractivity contribution in [3.63, 3.8) is 0 Å². The lowest BCUT2D eigenvalue weighted by molar-refractivity contribution is -0.142. The second kappa shape index (κ2) is 6.49. The van der Waals surface area contributed by atoms with Gasteiger partial charge in [0.25, 0.3) is 0 Å². The number of carbonyl (C=O) groups is 2. The summed E-state index contributed by atoms with van der Waals surface area (Å²) >= 11 is 11.6. The molecule has 1 fully saturated rings. The van der Waals surface area contributed by atoms with Gasteiger partial charge in [0, 0.05) is 6.04 Å². The molecule has 0 radical (unpaired) electrons. The van der Waals surface area contributed by atoms with E-state index in [0.717, 1.165) is 18.6 Å². The first kappa shape index (κ1) is 15.9. The number of urea groups is 1. The third kappa shape index (κ3) is 3.77. The van der Waals surface area contributed by atoms with Crippen LogP contribution in [0.25, 0.3) is 0 Å². The summed E-state index contributed by atoms with van der Waals surface area (Å²) in [5.41, 5.74) is 0.0853. The first-order valence-electron chi connectivity index (χ1n) is 6.33. The minimum Gasteiger partial charge on any atom is -0.481 e. The second-order valence-electron chi connectivity index (χ2n) is 4.83. The number of nitrogens with one attached hydrogen (secondary N) is 2. The highest BCUT2D eigenvalue weighted by Gasteiger charge is 2.34. The minimum absolute atomic E-state index is 0.0312. The van der Waals surface area contributed by atoms with E-state index in [1.54, 1.807) is 0 Å². The van der Waals surface area contributed by atoms with Crippen molar-refractivity contribution in [2.24, 2.45) is 5.92 Å². The van der Waals surface area contributed by atoms with Crippen molar-refractivity contribution in [3.05, 3.63) is 28.0 Å². The van der Waals surface area contributed by atoms with Crippen LogP contribution in [-0.2, 0) is 4.79 Å². The maximum atomic E-state index is 13.1. The van der Waals surface area contributed by atoms with Crippen LogP contribution < -0.4 is 10.6 Å². The predicted octanol–water partition coefficient (Wildman–Crippen LogP) is 3.51. The van der Waals surface area contributed by atoms with E-state index in [9.17, 15) is 14.0 Å². The van der Waals surface area contributed by atoms with Gasteiger partial charge in [0.05, 0.1) is 21.7 Å². The number of aliphatic carboxylic acids is 1. The molecular formula is C13H13Cl2FN2O3. The van der Waals surface area contributed by atoms with Crippen molar-refractivity contribution in [1.82, 2.24) is 5.32 Å². The largest absolute Gasteiger partial charge is 0.481 e. The van der Waals surface area contributed by atoms with Crippen LogP contribution in [0.15, 0.2) is 12.1 Å². The van der Waals surface area contributed by atoms with Gasteiger partial charge in [-0.1, -0.05) is 29.6 Å². The standard InChI is InChI=1S/C13H13Cl2FN2O3/c14-8-4-6(16)5-9(15)11(8)18-13(21)17-10-3-1-2-7(10)12(19)20/h4-5,7,10H,1-3H2,(H,19,20)(H2,17,18,21). The smallest absolute Gasteiger partial charge is 0.319 e. The van der Waals surface area contributed by atoms with Crippen LogP contribution >= 0.6 is 23.2 Å². The molecule has 0 aliphatic heterocycles. The molecule has 8 heteroatoms. The molecule has 2 rings (SSSR count). The Balaban J connectivity index is 2.04. The normalized spacial score (nSPS) is 21.1. The highest BCUT2D eigenvalue weighted by Crippen LogP contribution is 2.31. The molecule has 1 saturated carbocycles. The van der Waals surface area contributed by atoms with Gasteiger partial charge in [-0.05, 0) is 25.0 Å². The van der Waals surface area contributed by atoms with E-state index >= 15 is 0 Å². The molecule has 5 nitrogen and oxygen atoms in total. The van der Waals surface area contributed by atoms with Crippen molar-refractivity contribution in [2.75, 3.05) is 5.32 Å². The van der Waals surface area contributed by atoms with E-state index in [1.165, 1.54) is 0 Å². The van der Waals surface area contributed by atoms with Gasteiger partial charge in [0.1, 0.15) is 5.82 Å². The lowest BCUT2D eigenvalue weighted by Gasteiger charge is -2.18. The lowest BCUT2D eigenvalue weighted by atomic mass is 10.0. The van der Waals surface area contributed by atoms with Crippen LogP contribution in [0.4, 0.5) is 14.9 Å². The van der Waals surface area contributed by atoms with Crippen LogP contribution in [-0.4, -0.2) is 23.1 Å². The first-order valence-corrected chi connectivity index (χ1v) is 7.09. The van der Waals surface area contributed by atoms with Gasteiger partial charge in [-0.15, -0.1) is 0 Å². The quantitative estimate of drug-likeness (QED) is 0.791. The van der Waals surface area contributed by atoms with Gasteiger partial charge >= 0.3 is 12.0 Å². The summed E-state index contributed by atoms with van der Waals surface area (Å²) in [6, 6.07) is 0.987. The number of rotatable bonds is 3. The fraction of sp³-hybridized carbons (Fsp3) is 0.385. The molecule has 1 aliphatic carbocycles. The molecule has 2 atom stereocenters. The van der Waals surface area contributed by atoms with Crippen LogP contribution in [0.5, 0.6) is 0 Å². The van der Waals surface area contributed by atoms with Crippen molar-refractivity contribution in [2.45, 2.75) is 25.3 Å². The number of hydrogen-bond donors (Lipinski definition) is 3. The molecule has 3 N–H and O–H groups in total. The summed E-state index contributed by atoms with van der Waals surface area (Å²) in [6.07, 6.45) is 1.85. The number of benzene rings is 1. The molecule has 21 heavy (non-hydrogen) atoms. The summed E-state index contributed by atoms with van der Waals surface area (Å²) in [4.78, 5) is 22.9. The van der Waals surface area contributed by atoms with Crippen molar-refractivity contribution in [1.29, 1.82) is 0 Å². The number of carboxylic acids is 1. The Labute approximate surface area is 130 Å². The predicted molar refractivity (Wildman–Crippen MR) is 77.3 cm³/mol. The van der Waals surface area contributed by atoms with Gasteiger partial charge in [-0.25, -0.2) is 9.18 Å². The Morgan fingerprint density at radius 3 is 2.43 bits per heavy atom. The molecule has 2 amide bonds. The molecule has 0 aromatic heterocycles. The average molecular weight is 335 g/mol. The number of anilines is 1. The van der Waals surface area contributed by atoms with Crippen molar-refractivity contribution < 1.29 is 19.1 Å². The lowest BCUT2D eigenvalue weighted by Crippen LogP contribution is -2.42. The molecular weight excluding hydrogens is 322 g/mol. The molecule has 114 valence electrons. The van der Waals surface area contributed by atoms with E-state index in [0.29, 0.717) is 12.8 Å². The van der Waals surface area contributed by atoms with Gasteiger partial charge < -0.3 is 15.7 Å². The van der Waals surface area contributed by atoms with Gasteiger partial charge in [-0.3, -0.25) is 4.79 Å². The zero-order chi connectivity index (χ0) is 15.6. The van der Waals surface area contributed by atoms with Crippen molar-refractivity contribution in [3.8, 4) is 0 Å². The molecule has 2 unspecified atom stereocenters. The van der Waals surface area contributed by atoms with Gasteiger partial charge in [0.2, 0.25) is 0 Å². The fourth-order valence-electron chi connectivity index (χ4n) is 2.41. The topological polar surface area (TPSA) is 78.4 Å². The van der Waals surface area contributed by atoms with E-state index < -0.39 is 29.8 Å². The SMILES string of the molecule is O=C(Nc1c(Cl)cc(F)cc1Cl)NC1CCCC1C(=O)O. The van der Waals surface area contributed by atoms with Crippen LogP contribution in [0.2, 0.25) is 10.0 Å². The monoisotopic (exact) mass is 334 g/mol. The summed E-state index contributed by atoms with van der Waals surface area (Å²) < 4.78 is 13.1. The number of hydrogen-bond acceptors (Lipinski definition) is 2. The third-order valence-corrected chi connectivity index (χ3v) is 3.99. The maximum absolute atomic E-state index is 13.1. The number of amides is 2. The zero-order valence-corrected chi connectivity index (χ0v) is 12.3. The van der Waals surface area contributed by atoms with Crippen LogP contribution in [0.3, 0.4) is 0 Å². The highest BCUT2D eigenvalue weighted by atomic mass is 35.5. The summed E-state index contributed by atoms with van der Waals surface area (Å²) in [7, 11) is 0. The molecule has 0 spiro atoms. The van der Waals surface area contributed by atoms with Crippen LogP contribution in [0.1, 0.15) is 19.3 Å². The van der Waals surface area contributed by atoms with E-state index in [-0.39, 0.29) is 15.7 Å². The first-order chi connectivity index (χ1) is 9.88. The maximum Gasteiger partial charge on any atom is 0.319 e. The third-order valence-electron chi connectivity index (χ3n) is 3.40. The fourth-order valence-corrected chi connectivity index (χ4v) is 2.96. The average Bonchev–Trinajstić information content (AvgIpc) is 2.82. The molecule has 1 aliphatic rings. The second-order valence-corrected chi connectivity index (χ2v) is 5.64. The Morgan fingerprint density at radius 1 is 1.24 bits per heavy atom. The Bertz CT molecular complexity index is 560. The van der Waals surface area contributed by atoms with E-state index in [2.05, 4.69) is 10.6 Å². The summed E-state index contributed by atoms with van der Waals surface area (Å²) in [6.45, 7) is 0. The van der Waals surface area contributed by atoms with E-state index in [1.807, 2.05) is 0 Å². The number of halogens is 3.